The number of carbonyl (C=O) groups excluding carboxylic acids is 1. The number of benzene rings is 1. The first-order valence-electron chi connectivity index (χ1n) is 10.3. The zero-order chi connectivity index (χ0) is 27.0. The minimum Gasteiger partial charge on any atom is -0.451 e. The van der Waals surface area contributed by atoms with Crippen LogP contribution in [0.4, 0.5) is 26.3 Å². The molecule has 0 radical (unpaired) electrons. The number of nitrogens with zero attached hydrogens (tertiary/aromatic N) is 1. The quantitative estimate of drug-likeness (QED) is 0.150. The first-order chi connectivity index (χ1) is 16.5. The van der Waals surface area contributed by atoms with Gasteiger partial charge in [0.1, 0.15) is 0 Å². The lowest BCUT2D eigenvalue weighted by molar-refractivity contribution is -0.259. The Bertz CT molecular complexity index is 1130. The number of aliphatic hydroxyl groups is 3. The Kier molecular flexibility index (Phi) is 5.62. The lowest BCUT2D eigenvalue weighted by atomic mass is 9.85. The number of carbonyl (C=O) groups is 1. The van der Waals surface area contributed by atoms with E-state index in [0.29, 0.717) is 0 Å². The number of aliphatic hydroxyl groups excluding tert-OH is 1. The van der Waals surface area contributed by atoms with Gasteiger partial charge in [0.2, 0.25) is 5.79 Å². The number of hydrogen-bond acceptors (Lipinski definition) is 7. The molecule has 0 amide bonds. The van der Waals surface area contributed by atoms with Crippen molar-refractivity contribution in [3.63, 3.8) is 0 Å². The van der Waals surface area contributed by atoms with Crippen molar-refractivity contribution in [1.29, 1.82) is 10.8 Å². The molecule has 1 spiro atoms. The number of alkyl halides is 6. The molecule has 3 fully saturated rings. The Morgan fingerprint density at radius 1 is 1.14 bits per heavy atom. The van der Waals surface area contributed by atoms with Gasteiger partial charge in [-0.1, -0.05) is 0 Å². The summed E-state index contributed by atoms with van der Waals surface area (Å²) < 4.78 is 84.8. The Labute approximate surface area is 198 Å². The van der Waals surface area contributed by atoms with Crippen LogP contribution in [0.25, 0.3) is 0 Å². The van der Waals surface area contributed by atoms with E-state index in [-0.39, 0.29) is 18.2 Å². The van der Waals surface area contributed by atoms with Gasteiger partial charge in [0.25, 0.3) is 0 Å². The number of ether oxygens (including phenoxy) is 1. The van der Waals surface area contributed by atoms with E-state index in [9.17, 15) is 46.5 Å². The number of hydrogen-bond donors (Lipinski definition) is 8. The summed E-state index contributed by atoms with van der Waals surface area (Å²) in [6.07, 6.45) is -12.5. The first-order valence-corrected chi connectivity index (χ1v) is 10.3. The topological polar surface area (TPSA) is 174 Å². The standard InChI is InChI=1S/C19H20F6N6O5/c1-6-12(36-13(33)8-4-7(18(20,21)22)2-3-9(8)19(23,24)25)17(34,35)16-11(29-14(26)30-16)10(5-32)28-15(27)31(6)16/h2-4,6,10-12,32,34-35H,5H2,1H3,(H2,27,28)(H3,26,29,30)/t6-,10-,11-,12-,16?/m0/s1. The molecular formula is C19H20F6N6O5. The third-order valence-electron chi connectivity index (χ3n) is 6.52. The van der Waals surface area contributed by atoms with E-state index in [2.05, 4.69) is 16.0 Å². The van der Waals surface area contributed by atoms with Crippen LogP contribution in [0.5, 0.6) is 0 Å². The molecular weight excluding hydrogens is 506 g/mol. The molecule has 3 aliphatic heterocycles. The van der Waals surface area contributed by atoms with Crippen LogP contribution < -0.4 is 16.0 Å². The molecule has 1 aromatic rings. The van der Waals surface area contributed by atoms with Crippen molar-refractivity contribution >= 4 is 17.9 Å². The fourth-order valence-corrected chi connectivity index (χ4v) is 5.03. The molecule has 0 aliphatic carbocycles. The lowest BCUT2D eigenvalue weighted by Gasteiger charge is -2.51. The summed E-state index contributed by atoms with van der Waals surface area (Å²) >= 11 is 0. The maximum absolute atomic E-state index is 13.5. The third kappa shape index (κ3) is 3.52. The normalized spacial score (nSPS) is 31.2. The molecule has 4 rings (SSSR count). The molecule has 198 valence electrons. The largest absolute Gasteiger partial charge is 0.451 e. The third-order valence-corrected chi connectivity index (χ3v) is 6.52. The molecule has 3 aliphatic rings. The summed E-state index contributed by atoms with van der Waals surface area (Å²) in [5, 5.41) is 55.7. The predicted molar refractivity (Wildman–Crippen MR) is 106 cm³/mol. The van der Waals surface area contributed by atoms with E-state index < -0.39 is 89.2 Å². The van der Waals surface area contributed by atoms with Crippen molar-refractivity contribution < 1.29 is 51.2 Å². The Morgan fingerprint density at radius 3 is 2.33 bits per heavy atom. The van der Waals surface area contributed by atoms with Crippen molar-refractivity contribution in [2.45, 2.75) is 55.0 Å². The van der Waals surface area contributed by atoms with Crippen molar-refractivity contribution in [3.8, 4) is 0 Å². The van der Waals surface area contributed by atoms with Crippen molar-refractivity contribution in [3.05, 3.63) is 34.9 Å². The van der Waals surface area contributed by atoms with Crippen molar-refractivity contribution in [1.82, 2.24) is 20.9 Å². The van der Waals surface area contributed by atoms with Crippen LogP contribution in [0.1, 0.15) is 28.4 Å². The van der Waals surface area contributed by atoms with Crippen LogP contribution >= 0.6 is 0 Å². The predicted octanol–water partition coefficient (Wildman–Crippen LogP) is -0.274. The van der Waals surface area contributed by atoms with Gasteiger partial charge in [0, 0.05) is 0 Å². The van der Waals surface area contributed by atoms with Gasteiger partial charge in [-0.05, 0) is 25.1 Å². The van der Waals surface area contributed by atoms with Crippen molar-refractivity contribution in [2.24, 2.45) is 0 Å². The second-order valence-corrected chi connectivity index (χ2v) is 8.59. The van der Waals surface area contributed by atoms with E-state index in [0.717, 1.165) is 4.90 Å². The van der Waals surface area contributed by atoms with Crippen LogP contribution in [0.3, 0.4) is 0 Å². The highest BCUT2D eigenvalue weighted by Crippen LogP contribution is 2.47. The Morgan fingerprint density at radius 2 is 1.78 bits per heavy atom. The Hall–Kier alpha value is -3.31. The van der Waals surface area contributed by atoms with Gasteiger partial charge in [0.05, 0.1) is 41.4 Å². The van der Waals surface area contributed by atoms with E-state index in [1.807, 2.05) is 0 Å². The summed E-state index contributed by atoms with van der Waals surface area (Å²) in [4.78, 5) is 13.8. The molecule has 0 aromatic heterocycles. The summed E-state index contributed by atoms with van der Waals surface area (Å²) in [5.41, 5.74) is -7.03. The number of halogens is 6. The average molecular weight is 526 g/mol. The van der Waals surface area contributed by atoms with Crippen LogP contribution in [0, 0.1) is 10.8 Å². The van der Waals surface area contributed by atoms with Gasteiger partial charge in [-0.3, -0.25) is 10.8 Å². The van der Waals surface area contributed by atoms with Gasteiger partial charge in [0.15, 0.2) is 23.7 Å². The highest BCUT2D eigenvalue weighted by atomic mass is 19.4. The van der Waals surface area contributed by atoms with Gasteiger partial charge in [-0.25, -0.2) is 4.79 Å². The smallest absolute Gasteiger partial charge is 0.417 e. The minimum absolute atomic E-state index is 0.0495. The van der Waals surface area contributed by atoms with Crippen LogP contribution in [0.2, 0.25) is 0 Å². The van der Waals surface area contributed by atoms with Crippen LogP contribution in [0.15, 0.2) is 18.2 Å². The van der Waals surface area contributed by atoms with Gasteiger partial charge in [-0.2, -0.15) is 26.3 Å². The maximum atomic E-state index is 13.5. The molecule has 0 bridgehead atoms. The van der Waals surface area contributed by atoms with E-state index in [1.165, 1.54) is 6.92 Å². The lowest BCUT2D eigenvalue weighted by Crippen LogP contribution is -2.81. The van der Waals surface area contributed by atoms with Gasteiger partial charge in [-0.15, -0.1) is 0 Å². The molecule has 11 nitrogen and oxygen atoms in total. The molecule has 1 aromatic carbocycles. The highest BCUT2D eigenvalue weighted by molar-refractivity contribution is 5.92. The second kappa shape index (κ2) is 7.84. The molecule has 3 heterocycles. The molecule has 3 saturated heterocycles. The summed E-state index contributed by atoms with van der Waals surface area (Å²) in [6.45, 7) is 0.569. The summed E-state index contributed by atoms with van der Waals surface area (Å²) in [5.74, 6) is -6.12. The average Bonchev–Trinajstić information content (AvgIpc) is 3.19. The van der Waals surface area contributed by atoms with E-state index in [1.54, 1.807) is 0 Å². The van der Waals surface area contributed by atoms with E-state index >= 15 is 0 Å². The maximum Gasteiger partial charge on any atom is 0.417 e. The summed E-state index contributed by atoms with van der Waals surface area (Å²) in [6, 6.07) is -3.49. The minimum atomic E-state index is -5.25. The highest BCUT2D eigenvalue weighted by Gasteiger charge is 2.77. The summed E-state index contributed by atoms with van der Waals surface area (Å²) in [7, 11) is 0. The number of guanidine groups is 2. The van der Waals surface area contributed by atoms with Crippen LogP contribution in [-0.4, -0.2) is 80.4 Å². The zero-order valence-electron chi connectivity index (χ0n) is 18.1. The first kappa shape index (κ1) is 25.8. The molecule has 5 atom stereocenters. The van der Waals surface area contributed by atoms with E-state index in [4.69, 9.17) is 15.6 Å². The second-order valence-electron chi connectivity index (χ2n) is 8.59. The molecule has 8 N–H and O–H groups in total. The molecule has 1 unspecified atom stereocenters. The number of esters is 1. The monoisotopic (exact) mass is 526 g/mol. The SMILES string of the molecule is C[C@H]1[C@H](OC(=O)c2cc(C(F)(F)F)ccc2C(F)(F)F)C(O)(O)C23NC(=N)N[C@H]2[C@H](CO)NC(=N)N13. The molecule has 0 saturated carbocycles. The molecule has 17 heteroatoms. The van der Waals surface area contributed by atoms with Gasteiger partial charge < -0.3 is 40.9 Å². The van der Waals surface area contributed by atoms with Crippen LogP contribution in [-0.2, 0) is 17.1 Å². The number of rotatable bonds is 3. The van der Waals surface area contributed by atoms with Gasteiger partial charge >= 0.3 is 18.3 Å². The molecule has 36 heavy (non-hydrogen) atoms. The number of nitrogens with one attached hydrogen (secondary N) is 5. The fourth-order valence-electron chi connectivity index (χ4n) is 5.03. The Balaban J connectivity index is 1.77. The van der Waals surface area contributed by atoms with Crippen molar-refractivity contribution in [2.75, 3.05) is 6.61 Å². The fraction of sp³-hybridized carbons (Fsp3) is 0.526. The zero-order valence-corrected chi connectivity index (χ0v) is 18.1.